The Balaban J connectivity index is -0.000000621. The molecule has 0 aromatic rings. The molecule has 44 heavy (non-hydrogen) atoms. The molecule has 9 heteroatoms. The van der Waals surface area contributed by atoms with Gasteiger partial charge in [0.15, 0.2) is 0 Å². The van der Waals surface area contributed by atoms with Crippen LogP contribution in [0.25, 0.3) is 0 Å². The Morgan fingerprint density at radius 3 is 2.11 bits per heavy atom. The number of hydrogen-bond donors (Lipinski definition) is 2. The average molecular weight is 658 g/mol. The van der Waals surface area contributed by atoms with Gasteiger partial charge >= 0.3 is 5.97 Å². The Kier molecular flexibility index (Phi) is 31.2. The molecule has 0 aromatic heterocycles. The third-order valence-corrected chi connectivity index (χ3v) is 7.19. The number of nitrogens with one attached hydrogen (secondary N) is 1. The summed E-state index contributed by atoms with van der Waals surface area (Å²) in [6.07, 6.45) is 18.4. The molecule has 1 aliphatic carbocycles. The van der Waals surface area contributed by atoms with Crippen LogP contribution in [-0.2, 0) is 14.4 Å². The zero-order valence-corrected chi connectivity index (χ0v) is 31.3. The van der Waals surface area contributed by atoms with Crippen molar-refractivity contribution in [1.82, 2.24) is 10.2 Å². The highest BCUT2D eigenvalue weighted by Crippen LogP contribution is 2.39. The Labute approximate surface area is 279 Å². The highest BCUT2D eigenvalue weighted by Gasteiger charge is 2.45. The lowest BCUT2D eigenvalue weighted by atomic mass is 9.89. The van der Waals surface area contributed by atoms with E-state index in [1.54, 1.807) is 17.8 Å². The number of aliphatic carboxylic acids is 1. The van der Waals surface area contributed by atoms with Crippen LogP contribution in [0.15, 0.2) is 39.8 Å². The SMILES string of the molecule is CC.CC.CC(C)C.CC/C=C(\C=C/CC(=O)NCCC(=O)O)CC.CS/C(=C\CCCl)C1=NC2(CCCCC2)N(C)C1=O. The van der Waals surface area contributed by atoms with E-state index in [1.807, 2.05) is 58.1 Å². The van der Waals surface area contributed by atoms with Crippen LogP contribution in [0.5, 0.6) is 0 Å². The fraction of sp³-hybridized carbons (Fsp3) is 0.714. The first-order valence-corrected chi connectivity index (χ1v) is 18.3. The second kappa shape index (κ2) is 29.6. The molecule has 256 valence electrons. The number of halogens is 1. The van der Waals surface area contributed by atoms with Crippen molar-refractivity contribution in [2.75, 3.05) is 25.7 Å². The first-order chi connectivity index (χ1) is 21.0. The molecule has 2 amide bonds. The summed E-state index contributed by atoms with van der Waals surface area (Å²) in [5, 5.41) is 10.9. The second-order valence-corrected chi connectivity index (χ2v) is 11.7. The monoisotopic (exact) mass is 657 g/mol. The van der Waals surface area contributed by atoms with Gasteiger partial charge in [0.25, 0.3) is 5.91 Å². The van der Waals surface area contributed by atoms with Crippen LogP contribution in [0.1, 0.15) is 127 Å². The summed E-state index contributed by atoms with van der Waals surface area (Å²) in [7, 11) is 1.89. The van der Waals surface area contributed by atoms with Gasteiger partial charge in [0.2, 0.25) is 5.91 Å². The van der Waals surface area contributed by atoms with Crippen molar-refractivity contribution in [3.8, 4) is 0 Å². The number of nitrogens with zero attached hydrogens (tertiary/aromatic N) is 2. The van der Waals surface area contributed by atoms with E-state index in [4.69, 9.17) is 21.7 Å². The highest BCUT2D eigenvalue weighted by molar-refractivity contribution is 8.03. The van der Waals surface area contributed by atoms with Crippen molar-refractivity contribution in [2.24, 2.45) is 10.9 Å². The van der Waals surface area contributed by atoms with E-state index < -0.39 is 5.97 Å². The second-order valence-electron chi connectivity index (χ2n) is 10.5. The number of allylic oxidation sites excluding steroid dienone is 4. The number of thioether (sulfide) groups is 1. The molecule has 7 nitrogen and oxygen atoms in total. The molecule has 1 saturated carbocycles. The Morgan fingerprint density at radius 1 is 1.09 bits per heavy atom. The first-order valence-electron chi connectivity index (χ1n) is 16.5. The van der Waals surface area contributed by atoms with E-state index in [9.17, 15) is 14.4 Å². The number of alkyl halides is 1. The molecule has 0 radical (unpaired) electrons. The molecule has 0 bridgehead atoms. The van der Waals surface area contributed by atoms with Crippen molar-refractivity contribution in [1.29, 1.82) is 0 Å². The van der Waals surface area contributed by atoms with Crippen molar-refractivity contribution >= 4 is 46.9 Å². The van der Waals surface area contributed by atoms with Crippen molar-refractivity contribution in [2.45, 2.75) is 132 Å². The van der Waals surface area contributed by atoms with Crippen molar-refractivity contribution < 1.29 is 19.5 Å². The summed E-state index contributed by atoms with van der Waals surface area (Å²) in [5.41, 5.74) is 1.59. The molecule has 1 heterocycles. The molecule has 0 atom stereocenters. The summed E-state index contributed by atoms with van der Waals surface area (Å²) in [5.74, 6) is 0.429. The summed E-state index contributed by atoms with van der Waals surface area (Å²) >= 11 is 7.31. The first kappa shape index (κ1) is 46.4. The number of carbonyl (C=O) groups is 3. The number of carboxylic acids is 1. The van der Waals surface area contributed by atoms with Gasteiger partial charge in [0.1, 0.15) is 11.4 Å². The lowest BCUT2D eigenvalue weighted by Gasteiger charge is -2.36. The van der Waals surface area contributed by atoms with Gasteiger partial charge in [-0.3, -0.25) is 19.4 Å². The molecule has 0 unspecified atom stereocenters. The van der Waals surface area contributed by atoms with Crippen molar-refractivity contribution in [3.63, 3.8) is 0 Å². The molecule has 2 rings (SSSR count). The summed E-state index contributed by atoms with van der Waals surface area (Å²) in [4.78, 5) is 41.6. The minimum Gasteiger partial charge on any atom is -0.481 e. The number of aliphatic imine (C=N–C) groups is 1. The number of amides is 2. The standard InChI is InChI=1S/C14H21ClN2OS.C13H21NO3.C4H10.2C2H6/c1-17-13(18)12(11(19-2)7-6-10-15)16-14(17)8-4-3-5-9-14;1-3-6-11(4-2)7-5-8-12(15)14-10-9-13(16)17;1-4(2)3;2*1-2/h7H,3-6,8-10H2,1-2H3;5-7H,3-4,8-10H2,1-2H3,(H,14,15)(H,16,17);4H,1-3H3;2*1-2H3/b11-7-;7-5-,11-6-;;;. The largest absolute Gasteiger partial charge is 0.481 e. The van der Waals surface area contributed by atoms with Gasteiger partial charge in [-0.25, -0.2) is 0 Å². The third kappa shape index (κ3) is 20.8. The van der Waals surface area contributed by atoms with Gasteiger partial charge in [-0.15, -0.1) is 23.4 Å². The molecule has 2 N–H and O–H groups in total. The topological polar surface area (TPSA) is 99.1 Å². The lowest BCUT2D eigenvalue weighted by molar-refractivity contribution is -0.137. The van der Waals surface area contributed by atoms with E-state index in [0.717, 1.165) is 55.8 Å². The molecule has 1 fully saturated rings. The minimum atomic E-state index is -0.903. The molecular formula is C35H64ClN3O4S. The van der Waals surface area contributed by atoms with E-state index in [2.05, 4.69) is 46.0 Å². The predicted molar refractivity (Wildman–Crippen MR) is 194 cm³/mol. The fourth-order valence-corrected chi connectivity index (χ4v) is 4.88. The molecule has 2 aliphatic rings. The van der Waals surface area contributed by atoms with Crippen LogP contribution in [-0.4, -0.2) is 64.9 Å². The summed E-state index contributed by atoms with van der Waals surface area (Å²) < 4.78 is 0. The molecule has 1 aliphatic heterocycles. The van der Waals surface area contributed by atoms with E-state index in [-0.39, 0.29) is 30.4 Å². The maximum atomic E-state index is 12.5. The third-order valence-electron chi connectivity index (χ3n) is 6.17. The number of hydrogen-bond acceptors (Lipinski definition) is 5. The predicted octanol–water partition coefficient (Wildman–Crippen LogP) is 9.42. The van der Waals surface area contributed by atoms with Crippen LogP contribution in [0.4, 0.5) is 0 Å². The summed E-state index contributed by atoms with van der Waals surface area (Å²) in [6, 6.07) is 0. The van der Waals surface area contributed by atoms with Gasteiger partial charge in [0, 0.05) is 30.8 Å². The molecule has 0 saturated heterocycles. The van der Waals surface area contributed by atoms with Crippen LogP contribution < -0.4 is 5.32 Å². The van der Waals surface area contributed by atoms with E-state index in [0.29, 0.717) is 18.0 Å². The normalized spacial score (nSPS) is 15.6. The molecular weight excluding hydrogens is 594 g/mol. The average Bonchev–Trinajstić information content (AvgIpc) is 3.24. The Hall–Kier alpha value is -2.06. The fourth-order valence-electron chi connectivity index (χ4n) is 4.16. The van der Waals surface area contributed by atoms with Crippen LogP contribution >= 0.6 is 23.4 Å². The van der Waals surface area contributed by atoms with E-state index >= 15 is 0 Å². The minimum absolute atomic E-state index is 0.0363. The lowest BCUT2D eigenvalue weighted by Crippen LogP contribution is -2.45. The van der Waals surface area contributed by atoms with Crippen LogP contribution in [0, 0.1) is 5.92 Å². The maximum Gasteiger partial charge on any atom is 0.305 e. The van der Waals surface area contributed by atoms with Crippen LogP contribution in [0.3, 0.4) is 0 Å². The van der Waals surface area contributed by atoms with Gasteiger partial charge in [0.05, 0.1) is 6.42 Å². The van der Waals surface area contributed by atoms with E-state index in [1.165, 1.54) is 12.0 Å². The zero-order chi connectivity index (χ0) is 34.6. The molecule has 1 spiro atoms. The van der Waals surface area contributed by atoms with Gasteiger partial charge in [-0.05, 0) is 57.1 Å². The Bertz CT molecular complexity index is 905. The Morgan fingerprint density at radius 2 is 1.66 bits per heavy atom. The number of carboxylic acid groups (broad SMARTS) is 1. The zero-order valence-electron chi connectivity index (χ0n) is 29.7. The summed E-state index contributed by atoms with van der Waals surface area (Å²) in [6.45, 7) is 18.8. The smallest absolute Gasteiger partial charge is 0.305 e. The number of rotatable bonds is 12. The highest BCUT2D eigenvalue weighted by atomic mass is 35.5. The van der Waals surface area contributed by atoms with Gasteiger partial charge < -0.3 is 15.3 Å². The number of carbonyl (C=O) groups excluding carboxylic acids is 2. The molecule has 0 aromatic carbocycles. The van der Waals surface area contributed by atoms with Gasteiger partial charge in [-0.1, -0.05) is 98.6 Å². The quantitative estimate of drug-likeness (QED) is 0.161. The van der Waals surface area contributed by atoms with Gasteiger partial charge in [-0.2, -0.15) is 0 Å². The maximum absolute atomic E-state index is 12.5. The van der Waals surface area contributed by atoms with Crippen molar-refractivity contribution in [3.05, 3.63) is 34.8 Å². The van der Waals surface area contributed by atoms with Crippen LogP contribution in [0.2, 0.25) is 0 Å².